The number of amides is 3. The molecule has 2 heterocycles. The van der Waals surface area contributed by atoms with Crippen LogP contribution in [-0.2, 0) is 4.79 Å². The molecule has 1 spiro atoms. The van der Waals surface area contributed by atoms with Crippen molar-refractivity contribution in [2.24, 2.45) is 16.8 Å². The molecular formula is C18H21FN4O2. The van der Waals surface area contributed by atoms with Gasteiger partial charge in [0.25, 0.3) is 5.91 Å². The van der Waals surface area contributed by atoms with Crippen molar-refractivity contribution in [3.8, 4) is 0 Å². The summed E-state index contributed by atoms with van der Waals surface area (Å²) in [5, 5.41) is 2.80. The monoisotopic (exact) mass is 344 g/mol. The maximum Gasteiger partial charge on any atom is 0.321 e. The molecule has 3 aliphatic rings. The van der Waals surface area contributed by atoms with Gasteiger partial charge in [-0.2, -0.15) is 0 Å². The van der Waals surface area contributed by atoms with Crippen LogP contribution in [-0.4, -0.2) is 53.2 Å². The Bertz CT molecular complexity index is 763. The van der Waals surface area contributed by atoms with E-state index in [1.54, 1.807) is 16.8 Å². The molecule has 0 aromatic heterocycles. The van der Waals surface area contributed by atoms with E-state index in [0.717, 1.165) is 18.7 Å². The first kappa shape index (κ1) is 16.1. The van der Waals surface area contributed by atoms with Crippen molar-refractivity contribution in [3.05, 3.63) is 30.1 Å². The molecular weight excluding hydrogens is 323 g/mol. The number of carbonyl (C=O) groups is 2. The molecule has 0 unspecified atom stereocenters. The summed E-state index contributed by atoms with van der Waals surface area (Å²) in [5.74, 6) is 0.829. The van der Waals surface area contributed by atoms with Crippen molar-refractivity contribution in [3.63, 3.8) is 0 Å². The highest BCUT2D eigenvalue weighted by atomic mass is 19.1. The molecule has 1 aromatic carbocycles. The van der Waals surface area contributed by atoms with Crippen LogP contribution >= 0.6 is 0 Å². The fraction of sp³-hybridized carbons (Fsp3) is 0.500. The Morgan fingerprint density at radius 3 is 2.68 bits per heavy atom. The van der Waals surface area contributed by atoms with Gasteiger partial charge in [-0.25, -0.2) is 9.18 Å². The van der Waals surface area contributed by atoms with E-state index >= 15 is 0 Å². The van der Waals surface area contributed by atoms with Gasteiger partial charge in [0.2, 0.25) is 0 Å². The van der Waals surface area contributed by atoms with Crippen LogP contribution in [0.2, 0.25) is 0 Å². The molecule has 1 N–H and O–H groups in total. The Kier molecular flexibility index (Phi) is 3.56. The first-order valence-corrected chi connectivity index (χ1v) is 8.57. The van der Waals surface area contributed by atoms with Crippen molar-refractivity contribution < 1.29 is 14.0 Å². The summed E-state index contributed by atoms with van der Waals surface area (Å²) < 4.78 is 13.0. The van der Waals surface area contributed by atoms with Crippen molar-refractivity contribution in [1.82, 2.24) is 9.80 Å². The van der Waals surface area contributed by atoms with Crippen LogP contribution in [0.25, 0.3) is 0 Å². The van der Waals surface area contributed by atoms with Gasteiger partial charge >= 0.3 is 6.03 Å². The number of hydrogen-bond acceptors (Lipinski definition) is 3. The molecule has 132 valence electrons. The third kappa shape index (κ3) is 2.41. The van der Waals surface area contributed by atoms with E-state index in [1.807, 2.05) is 6.92 Å². The summed E-state index contributed by atoms with van der Waals surface area (Å²) in [6, 6.07) is 5.49. The van der Waals surface area contributed by atoms with E-state index in [4.69, 9.17) is 4.99 Å². The lowest BCUT2D eigenvalue weighted by molar-refractivity contribution is -0.131. The van der Waals surface area contributed by atoms with Crippen LogP contribution in [0.4, 0.5) is 14.9 Å². The lowest BCUT2D eigenvalue weighted by Crippen LogP contribution is -2.46. The number of anilines is 1. The molecule has 1 saturated heterocycles. The number of hydrogen-bond donors (Lipinski definition) is 1. The minimum Gasteiger partial charge on any atom is -0.324 e. The smallest absolute Gasteiger partial charge is 0.321 e. The maximum absolute atomic E-state index is 13.0. The van der Waals surface area contributed by atoms with Crippen LogP contribution in [0.15, 0.2) is 29.3 Å². The van der Waals surface area contributed by atoms with Crippen LogP contribution < -0.4 is 5.32 Å². The molecule has 4 rings (SSSR count). The van der Waals surface area contributed by atoms with Crippen molar-refractivity contribution in [1.29, 1.82) is 0 Å². The maximum atomic E-state index is 13.0. The first-order valence-electron chi connectivity index (χ1n) is 8.57. The Morgan fingerprint density at radius 2 is 2.04 bits per heavy atom. The van der Waals surface area contributed by atoms with Gasteiger partial charge < -0.3 is 15.1 Å². The van der Waals surface area contributed by atoms with Gasteiger partial charge in [0.1, 0.15) is 17.2 Å². The molecule has 0 bridgehead atoms. The number of amidine groups is 1. The zero-order chi connectivity index (χ0) is 17.8. The van der Waals surface area contributed by atoms with E-state index in [0.29, 0.717) is 24.7 Å². The van der Waals surface area contributed by atoms with E-state index in [9.17, 15) is 14.0 Å². The second-order valence-electron chi connectivity index (χ2n) is 7.19. The normalized spacial score (nSPS) is 30.8. The van der Waals surface area contributed by atoms with Crippen molar-refractivity contribution in [2.45, 2.75) is 25.3 Å². The lowest BCUT2D eigenvalue weighted by atomic mass is 9.85. The highest BCUT2D eigenvalue weighted by molar-refractivity contribution is 6.07. The van der Waals surface area contributed by atoms with E-state index < -0.39 is 5.54 Å². The minimum atomic E-state index is -0.686. The number of carbonyl (C=O) groups excluding carboxylic acids is 2. The number of fused-ring (bicyclic) bond motifs is 2. The topological polar surface area (TPSA) is 65.0 Å². The van der Waals surface area contributed by atoms with E-state index in [-0.39, 0.29) is 23.7 Å². The Labute approximate surface area is 145 Å². The van der Waals surface area contributed by atoms with Gasteiger partial charge in [-0.15, -0.1) is 0 Å². The number of nitrogens with one attached hydrogen (secondary N) is 1. The summed E-state index contributed by atoms with van der Waals surface area (Å²) in [5.41, 5.74) is -0.127. The molecule has 6 nitrogen and oxygen atoms in total. The van der Waals surface area contributed by atoms with E-state index in [1.165, 1.54) is 24.3 Å². The standard InChI is InChI=1S/C18H21FN4O2/c1-11-21-18(16(24)22(11)2)8-7-12-9-23(10-15(12)18)17(25)20-14-5-3-13(19)4-6-14/h3-6,12,15H,7-10H2,1-2H3,(H,20,25)/t12-,15+,18-/m0/s1. The molecule has 7 heteroatoms. The van der Waals surface area contributed by atoms with Crippen LogP contribution in [0, 0.1) is 17.7 Å². The quantitative estimate of drug-likeness (QED) is 0.850. The number of likely N-dealkylation sites (tertiary alicyclic amines) is 1. The number of urea groups is 1. The van der Waals surface area contributed by atoms with Crippen LogP contribution in [0.5, 0.6) is 0 Å². The fourth-order valence-corrected chi connectivity index (χ4v) is 4.45. The molecule has 1 aromatic rings. The molecule has 3 atom stereocenters. The highest BCUT2D eigenvalue weighted by Crippen LogP contribution is 2.50. The number of benzene rings is 1. The van der Waals surface area contributed by atoms with Crippen molar-refractivity contribution >= 4 is 23.5 Å². The molecule has 0 radical (unpaired) electrons. The number of rotatable bonds is 1. The van der Waals surface area contributed by atoms with E-state index in [2.05, 4.69) is 5.32 Å². The second-order valence-corrected chi connectivity index (χ2v) is 7.19. The second kappa shape index (κ2) is 5.54. The number of aliphatic imine (C=N–C) groups is 1. The molecule has 3 amide bonds. The Hall–Kier alpha value is -2.44. The van der Waals surface area contributed by atoms with Gasteiger partial charge in [-0.1, -0.05) is 0 Å². The molecule has 1 saturated carbocycles. The zero-order valence-corrected chi connectivity index (χ0v) is 14.3. The molecule has 2 fully saturated rings. The van der Waals surface area contributed by atoms with Gasteiger partial charge in [0, 0.05) is 31.7 Å². The van der Waals surface area contributed by atoms with Crippen molar-refractivity contribution in [2.75, 3.05) is 25.5 Å². The Morgan fingerprint density at radius 1 is 1.32 bits per heavy atom. The largest absolute Gasteiger partial charge is 0.324 e. The number of likely N-dealkylation sites (N-methyl/N-ethyl adjacent to an activating group) is 1. The molecule has 25 heavy (non-hydrogen) atoms. The fourth-order valence-electron chi connectivity index (χ4n) is 4.45. The van der Waals surface area contributed by atoms with Gasteiger partial charge in [-0.3, -0.25) is 9.79 Å². The average Bonchev–Trinajstić information content (AvgIpc) is 3.22. The lowest BCUT2D eigenvalue weighted by Gasteiger charge is -2.27. The Balaban J connectivity index is 1.49. The number of halogens is 1. The third-order valence-electron chi connectivity index (χ3n) is 5.86. The predicted molar refractivity (Wildman–Crippen MR) is 91.8 cm³/mol. The zero-order valence-electron chi connectivity index (χ0n) is 14.3. The summed E-state index contributed by atoms with van der Waals surface area (Å²) >= 11 is 0. The minimum absolute atomic E-state index is 0.0540. The van der Waals surface area contributed by atoms with Crippen LogP contribution in [0.1, 0.15) is 19.8 Å². The number of nitrogens with zero attached hydrogens (tertiary/aromatic N) is 3. The summed E-state index contributed by atoms with van der Waals surface area (Å²) in [6.45, 7) is 3.01. The SMILES string of the molecule is CC1=N[C@]2(CC[C@H]3CN(C(=O)Nc4ccc(F)cc4)C[C@H]32)C(=O)N1C. The molecule has 2 aliphatic heterocycles. The predicted octanol–water partition coefficient (Wildman–Crippen LogP) is 2.33. The first-order chi connectivity index (χ1) is 11.9. The van der Waals surface area contributed by atoms with Gasteiger partial charge in [-0.05, 0) is 49.9 Å². The molecule has 1 aliphatic carbocycles. The third-order valence-corrected chi connectivity index (χ3v) is 5.86. The summed E-state index contributed by atoms with van der Waals surface area (Å²) in [7, 11) is 1.76. The summed E-state index contributed by atoms with van der Waals surface area (Å²) in [4.78, 5) is 33.4. The summed E-state index contributed by atoms with van der Waals surface area (Å²) in [6.07, 6.45) is 1.66. The van der Waals surface area contributed by atoms with Gasteiger partial charge in [0.05, 0.1) is 0 Å². The highest BCUT2D eigenvalue weighted by Gasteiger charge is 2.60. The van der Waals surface area contributed by atoms with Gasteiger partial charge in [0.15, 0.2) is 0 Å². The average molecular weight is 344 g/mol. The van der Waals surface area contributed by atoms with Crippen LogP contribution in [0.3, 0.4) is 0 Å².